The van der Waals surface area contributed by atoms with Crippen molar-refractivity contribution in [3.05, 3.63) is 23.8 Å². The Morgan fingerprint density at radius 2 is 2.25 bits per heavy atom. The average molecular weight is 277 g/mol. The number of carbonyl (C=O) groups is 1. The van der Waals surface area contributed by atoms with Gasteiger partial charge >= 0.3 is 0 Å². The monoisotopic (exact) mass is 277 g/mol. The quantitative estimate of drug-likeness (QED) is 0.846. The Kier molecular flexibility index (Phi) is 4.49. The minimum atomic E-state index is 0.0227. The summed E-state index contributed by atoms with van der Waals surface area (Å²) in [7, 11) is 5.65. The van der Waals surface area contributed by atoms with E-state index in [1.165, 1.54) is 0 Å². The Labute approximate surface area is 120 Å². The van der Waals surface area contributed by atoms with E-state index in [-0.39, 0.29) is 11.9 Å². The highest BCUT2D eigenvalue weighted by atomic mass is 16.5. The van der Waals surface area contributed by atoms with Crippen molar-refractivity contribution in [2.24, 2.45) is 0 Å². The number of nitrogens with two attached hydrogens (primary N) is 1. The maximum atomic E-state index is 12.6. The number of carbonyl (C=O) groups excluding carboxylic acids is 1. The minimum absolute atomic E-state index is 0.0227. The number of nitrogens with zero attached hydrogens (tertiary/aromatic N) is 2. The fourth-order valence-corrected chi connectivity index (χ4v) is 2.73. The summed E-state index contributed by atoms with van der Waals surface area (Å²) in [5, 5.41) is 0. The summed E-state index contributed by atoms with van der Waals surface area (Å²) < 4.78 is 5.12. The number of nitrogen functional groups attached to an aromatic ring is 1. The second kappa shape index (κ2) is 6.13. The van der Waals surface area contributed by atoms with E-state index < -0.39 is 0 Å². The molecule has 5 heteroatoms. The van der Waals surface area contributed by atoms with Gasteiger partial charge in [-0.1, -0.05) is 0 Å². The minimum Gasteiger partial charge on any atom is -0.497 e. The van der Waals surface area contributed by atoms with Crippen molar-refractivity contribution in [2.45, 2.75) is 18.9 Å². The maximum Gasteiger partial charge on any atom is 0.256 e. The van der Waals surface area contributed by atoms with Gasteiger partial charge in [-0.3, -0.25) is 4.79 Å². The van der Waals surface area contributed by atoms with Gasteiger partial charge in [0, 0.05) is 30.9 Å². The number of hydrogen-bond donors (Lipinski definition) is 1. The summed E-state index contributed by atoms with van der Waals surface area (Å²) in [6, 6.07) is 5.51. The molecule has 5 nitrogen and oxygen atoms in total. The Bertz CT molecular complexity index is 488. The lowest BCUT2D eigenvalue weighted by Gasteiger charge is -2.27. The van der Waals surface area contributed by atoms with Gasteiger partial charge in [0.05, 0.1) is 12.7 Å². The van der Waals surface area contributed by atoms with E-state index in [1.807, 2.05) is 19.0 Å². The number of hydrogen-bond acceptors (Lipinski definition) is 4. The predicted octanol–water partition coefficient (Wildman–Crippen LogP) is 1.44. The number of benzene rings is 1. The van der Waals surface area contributed by atoms with Crippen molar-refractivity contribution in [2.75, 3.05) is 40.0 Å². The maximum absolute atomic E-state index is 12.6. The van der Waals surface area contributed by atoms with Crippen molar-refractivity contribution in [1.82, 2.24) is 9.80 Å². The van der Waals surface area contributed by atoms with Crippen molar-refractivity contribution in [1.29, 1.82) is 0 Å². The van der Waals surface area contributed by atoms with E-state index in [1.54, 1.807) is 25.3 Å². The van der Waals surface area contributed by atoms with Gasteiger partial charge in [0.1, 0.15) is 5.75 Å². The van der Waals surface area contributed by atoms with Gasteiger partial charge in [0.15, 0.2) is 0 Å². The second-order valence-corrected chi connectivity index (χ2v) is 5.51. The molecule has 0 radical (unpaired) electrons. The van der Waals surface area contributed by atoms with Gasteiger partial charge in [-0.2, -0.15) is 0 Å². The number of methoxy groups -OCH3 is 1. The molecule has 1 heterocycles. The standard InChI is InChI=1S/C15H23N3O2/c1-17(2)10-11-5-4-8-18(11)15(19)13-7-6-12(20-3)9-14(13)16/h6-7,9,11H,4-5,8,10,16H2,1-3H3. The largest absolute Gasteiger partial charge is 0.497 e. The van der Waals surface area contributed by atoms with Crippen molar-refractivity contribution < 1.29 is 9.53 Å². The van der Waals surface area contributed by atoms with Gasteiger partial charge in [-0.05, 0) is 39.1 Å². The number of rotatable bonds is 4. The first-order valence-corrected chi connectivity index (χ1v) is 6.92. The predicted molar refractivity (Wildman–Crippen MR) is 80.0 cm³/mol. The van der Waals surface area contributed by atoms with Gasteiger partial charge in [-0.15, -0.1) is 0 Å². The van der Waals surface area contributed by atoms with Crippen LogP contribution in [0.15, 0.2) is 18.2 Å². The van der Waals surface area contributed by atoms with Crippen molar-refractivity contribution >= 4 is 11.6 Å². The number of ether oxygens (including phenoxy) is 1. The van der Waals surface area contributed by atoms with Crippen LogP contribution in [0, 0.1) is 0 Å². The molecule has 0 saturated carbocycles. The van der Waals surface area contributed by atoms with Crippen molar-refractivity contribution in [3.8, 4) is 5.75 Å². The summed E-state index contributed by atoms with van der Waals surface area (Å²) in [6.45, 7) is 1.70. The number of amides is 1. The van der Waals surface area contributed by atoms with E-state index >= 15 is 0 Å². The fourth-order valence-electron chi connectivity index (χ4n) is 2.73. The first-order chi connectivity index (χ1) is 9.52. The zero-order chi connectivity index (χ0) is 14.7. The van der Waals surface area contributed by atoms with Gasteiger partial charge < -0.3 is 20.3 Å². The third-order valence-electron chi connectivity index (χ3n) is 3.70. The molecule has 110 valence electrons. The van der Waals surface area contributed by atoms with Crippen LogP contribution in [-0.4, -0.2) is 56.0 Å². The first kappa shape index (κ1) is 14.7. The molecule has 1 atom stereocenters. The molecule has 1 amide bonds. The Morgan fingerprint density at radius 1 is 1.50 bits per heavy atom. The van der Waals surface area contributed by atoms with E-state index in [0.29, 0.717) is 17.0 Å². The van der Waals surface area contributed by atoms with Crippen LogP contribution in [0.25, 0.3) is 0 Å². The molecule has 1 aliphatic rings. The summed E-state index contributed by atoms with van der Waals surface area (Å²) in [5.74, 6) is 0.694. The van der Waals surface area contributed by atoms with Crippen LogP contribution in [0.1, 0.15) is 23.2 Å². The van der Waals surface area contributed by atoms with Crippen LogP contribution in [0.4, 0.5) is 5.69 Å². The van der Waals surface area contributed by atoms with Crippen LogP contribution in [0.2, 0.25) is 0 Å². The van der Waals surface area contributed by atoms with E-state index in [9.17, 15) is 4.79 Å². The average Bonchev–Trinajstić information content (AvgIpc) is 2.85. The zero-order valence-electron chi connectivity index (χ0n) is 12.4. The molecule has 1 saturated heterocycles. The lowest BCUT2D eigenvalue weighted by atomic mass is 10.1. The van der Waals surface area contributed by atoms with Gasteiger partial charge in [-0.25, -0.2) is 0 Å². The van der Waals surface area contributed by atoms with E-state index in [4.69, 9.17) is 10.5 Å². The van der Waals surface area contributed by atoms with Crippen molar-refractivity contribution in [3.63, 3.8) is 0 Å². The molecule has 1 fully saturated rings. The third-order valence-corrected chi connectivity index (χ3v) is 3.70. The molecule has 1 unspecified atom stereocenters. The zero-order valence-corrected chi connectivity index (χ0v) is 12.4. The highest BCUT2D eigenvalue weighted by Gasteiger charge is 2.30. The topological polar surface area (TPSA) is 58.8 Å². The highest BCUT2D eigenvalue weighted by Crippen LogP contribution is 2.25. The summed E-state index contributed by atoms with van der Waals surface area (Å²) in [4.78, 5) is 16.7. The molecule has 1 aliphatic heterocycles. The molecule has 0 bridgehead atoms. The number of likely N-dealkylation sites (tertiary alicyclic amines) is 1. The highest BCUT2D eigenvalue weighted by molar-refractivity contribution is 5.99. The Hall–Kier alpha value is -1.75. The van der Waals surface area contributed by atoms with Gasteiger partial charge in [0.25, 0.3) is 5.91 Å². The summed E-state index contributed by atoms with van der Waals surface area (Å²) >= 11 is 0. The van der Waals surface area contributed by atoms with Crippen LogP contribution in [0.3, 0.4) is 0 Å². The third kappa shape index (κ3) is 3.04. The number of likely N-dealkylation sites (N-methyl/N-ethyl adjacent to an activating group) is 1. The molecule has 0 aliphatic carbocycles. The van der Waals surface area contributed by atoms with Crippen LogP contribution < -0.4 is 10.5 Å². The molecular formula is C15H23N3O2. The molecule has 1 aromatic rings. The molecule has 0 spiro atoms. The molecular weight excluding hydrogens is 254 g/mol. The summed E-state index contributed by atoms with van der Waals surface area (Å²) in [6.07, 6.45) is 2.11. The normalized spacial score (nSPS) is 18.6. The molecule has 20 heavy (non-hydrogen) atoms. The first-order valence-electron chi connectivity index (χ1n) is 6.92. The van der Waals surface area contributed by atoms with E-state index in [0.717, 1.165) is 25.9 Å². The van der Waals surface area contributed by atoms with Gasteiger partial charge in [0.2, 0.25) is 0 Å². The van der Waals surface area contributed by atoms with Crippen LogP contribution >= 0.6 is 0 Å². The van der Waals surface area contributed by atoms with E-state index in [2.05, 4.69) is 4.90 Å². The second-order valence-electron chi connectivity index (χ2n) is 5.51. The molecule has 2 N–H and O–H groups in total. The molecule has 1 aromatic carbocycles. The summed E-state index contributed by atoms with van der Waals surface area (Å²) in [5.41, 5.74) is 7.02. The SMILES string of the molecule is COc1ccc(C(=O)N2CCCC2CN(C)C)c(N)c1. The number of anilines is 1. The van der Waals surface area contributed by atoms with Crippen LogP contribution in [0.5, 0.6) is 5.75 Å². The lowest BCUT2D eigenvalue weighted by molar-refractivity contribution is 0.0717. The Morgan fingerprint density at radius 3 is 2.85 bits per heavy atom. The lowest BCUT2D eigenvalue weighted by Crippen LogP contribution is -2.41. The van der Waals surface area contributed by atoms with Crippen LogP contribution in [-0.2, 0) is 0 Å². The Balaban J connectivity index is 2.18. The fraction of sp³-hybridized carbons (Fsp3) is 0.533. The molecule has 2 rings (SSSR count). The molecule has 0 aromatic heterocycles. The smallest absolute Gasteiger partial charge is 0.256 e.